The predicted molar refractivity (Wildman–Crippen MR) is 96.3 cm³/mol. The molecular weight excluding hydrogens is 356 g/mol. The van der Waals surface area contributed by atoms with Gasteiger partial charge in [0.25, 0.3) is 0 Å². The van der Waals surface area contributed by atoms with Crippen molar-refractivity contribution in [3.05, 3.63) is 81.5 Å². The summed E-state index contributed by atoms with van der Waals surface area (Å²) >= 11 is 6.66. The summed E-state index contributed by atoms with van der Waals surface area (Å²) < 4.78 is 29.1. The zero-order chi connectivity index (χ0) is 18.4. The fraction of sp³-hybridized carbons (Fsp3) is 0.100. The van der Waals surface area contributed by atoms with E-state index in [9.17, 15) is 14.0 Å². The van der Waals surface area contributed by atoms with E-state index in [-0.39, 0.29) is 6.42 Å². The maximum Gasteiger partial charge on any atom is 0.138 e. The molecule has 2 heterocycles. The standard InChI is InChI=1S/C20H12ClF2N3/c1-11-14(8-12-5-6-13(22)9-16(12)23)18(21)20-19(15(11)10-24)25-17-4-2-3-7-26(17)20/h2-7,9H,8H2,1H3. The smallest absolute Gasteiger partial charge is 0.138 e. The van der Waals surface area contributed by atoms with Gasteiger partial charge in [-0.1, -0.05) is 23.7 Å². The summed E-state index contributed by atoms with van der Waals surface area (Å²) in [4.78, 5) is 4.52. The van der Waals surface area contributed by atoms with Crippen molar-refractivity contribution in [2.45, 2.75) is 13.3 Å². The molecule has 0 bridgehead atoms. The largest absolute Gasteiger partial charge is 0.298 e. The number of rotatable bonds is 2. The third-order valence-electron chi connectivity index (χ3n) is 4.56. The van der Waals surface area contributed by atoms with Gasteiger partial charge in [0.15, 0.2) is 0 Å². The minimum atomic E-state index is -0.641. The van der Waals surface area contributed by atoms with Gasteiger partial charge in [-0.15, -0.1) is 0 Å². The number of benzene rings is 2. The van der Waals surface area contributed by atoms with Gasteiger partial charge in [-0.3, -0.25) is 4.40 Å². The van der Waals surface area contributed by atoms with E-state index in [1.54, 1.807) is 6.92 Å². The van der Waals surface area contributed by atoms with Crippen LogP contribution in [0.4, 0.5) is 8.78 Å². The van der Waals surface area contributed by atoms with Crippen LogP contribution in [0.2, 0.25) is 5.02 Å². The van der Waals surface area contributed by atoms with Crippen LogP contribution in [0, 0.1) is 29.9 Å². The summed E-state index contributed by atoms with van der Waals surface area (Å²) in [5, 5.41) is 10.1. The van der Waals surface area contributed by atoms with Gasteiger partial charge in [-0.25, -0.2) is 13.8 Å². The van der Waals surface area contributed by atoms with Gasteiger partial charge in [0.1, 0.15) is 28.9 Å². The molecule has 0 atom stereocenters. The van der Waals surface area contributed by atoms with Crippen LogP contribution in [-0.2, 0) is 6.42 Å². The van der Waals surface area contributed by atoms with E-state index in [1.165, 1.54) is 12.1 Å². The van der Waals surface area contributed by atoms with Gasteiger partial charge in [0.2, 0.25) is 0 Å². The molecule has 2 aromatic heterocycles. The average molecular weight is 368 g/mol. The van der Waals surface area contributed by atoms with Crippen LogP contribution >= 0.6 is 11.6 Å². The Morgan fingerprint density at radius 2 is 2.04 bits per heavy atom. The van der Waals surface area contributed by atoms with E-state index in [2.05, 4.69) is 11.1 Å². The Bertz CT molecular complexity index is 1220. The highest BCUT2D eigenvalue weighted by Gasteiger charge is 2.21. The molecule has 0 aliphatic heterocycles. The number of pyridine rings is 1. The third kappa shape index (κ3) is 2.42. The lowest BCUT2D eigenvalue weighted by Gasteiger charge is -2.13. The number of imidazole rings is 1. The van der Waals surface area contributed by atoms with Crippen molar-refractivity contribution in [3.63, 3.8) is 0 Å². The molecule has 0 aliphatic rings. The van der Waals surface area contributed by atoms with E-state index in [0.29, 0.717) is 44.0 Å². The Hall–Kier alpha value is -2.97. The number of hydrogen-bond acceptors (Lipinski definition) is 2. The highest BCUT2D eigenvalue weighted by molar-refractivity contribution is 6.36. The van der Waals surface area contributed by atoms with Crippen LogP contribution < -0.4 is 0 Å². The Morgan fingerprint density at radius 1 is 1.23 bits per heavy atom. The van der Waals surface area contributed by atoms with Gasteiger partial charge < -0.3 is 0 Å². The average Bonchev–Trinajstić information content (AvgIpc) is 3.00. The van der Waals surface area contributed by atoms with Gasteiger partial charge in [-0.05, 0) is 41.8 Å². The Labute approximate surface area is 153 Å². The molecule has 0 fully saturated rings. The van der Waals surface area contributed by atoms with E-state index < -0.39 is 11.6 Å². The quantitative estimate of drug-likeness (QED) is 0.489. The van der Waals surface area contributed by atoms with Crippen molar-refractivity contribution in [2.24, 2.45) is 0 Å². The molecule has 0 saturated carbocycles. The summed E-state index contributed by atoms with van der Waals surface area (Å²) in [6, 6.07) is 11.2. The Balaban J connectivity index is 2.03. The summed E-state index contributed by atoms with van der Waals surface area (Å²) in [5.74, 6) is -1.28. The van der Waals surface area contributed by atoms with Crippen LogP contribution in [0.25, 0.3) is 16.7 Å². The van der Waals surface area contributed by atoms with Crippen molar-refractivity contribution in [2.75, 3.05) is 0 Å². The number of aromatic nitrogens is 2. The van der Waals surface area contributed by atoms with E-state index >= 15 is 0 Å². The van der Waals surface area contributed by atoms with Crippen LogP contribution in [0.15, 0.2) is 42.6 Å². The number of fused-ring (bicyclic) bond motifs is 3. The molecular formula is C20H12ClF2N3. The molecule has 0 aliphatic carbocycles. The molecule has 6 heteroatoms. The molecule has 0 amide bonds. The second kappa shape index (κ2) is 6.08. The van der Waals surface area contributed by atoms with E-state index in [4.69, 9.17) is 11.6 Å². The molecule has 2 aromatic carbocycles. The maximum absolute atomic E-state index is 14.1. The van der Waals surface area contributed by atoms with Gasteiger partial charge in [-0.2, -0.15) is 5.26 Å². The van der Waals surface area contributed by atoms with E-state index in [0.717, 1.165) is 6.07 Å². The van der Waals surface area contributed by atoms with Crippen molar-refractivity contribution < 1.29 is 8.78 Å². The highest BCUT2D eigenvalue weighted by atomic mass is 35.5. The topological polar surface area (TPSA) is 41.1 Å². The van der Waals surface area contributed by atoms with Crippen molar-refractivity contribution in [1.82, 2.24) is 9.38 Å². The van der Waals surface area contributed by atoms with Crippen molar-refractivity contribution in [3.8, 4) is 6.07 Å². The van der Waals surface area contributed by atoms with Gasteiger partial charge >= 0.3 is 0 Å². The fourth-order valence-corrected chi connectivity index (χ4v) is 3.61. The monoisotopic (exact) mass is 367 g/mol. The second-order valence-electron chi connectivity index (χ2n) is 6.05. The first-order chi connectivity index (χ1) is 12.5. The zero-order valence-corrected chi connectivity index (χ0v) is 14.5. The Kier molecular flexibility index (Phi) is 3.86. The first-order valence-electron chi connectivity index (χ1n) is 7.93. The zero-order valence-electron chi connectivity index (χ0n) is 13.7. The fourth-order valence-electron chi connectivity index (χ4n) is 3.22. The normalized spacial score (nSPS) is 11.2. The minimum Gasteiger partial charge on any atom is -0.298 e. The molecule has 0 unspecified atom stereocenters. The molecule has 4 rings (SSSR count). The lowest BCUT2D eigenvalue weighted by molar-refractivity contribution is 0.574. The third-order valence-corrected chi connectivity index (χ3v) is 4.97. The number of halogens is 3. The van der Waals surface area contributed by atoms with Crippen LogP contribution in [0.1, 0.15) is 22.3 Å². The molecule has 0 N–H and O–H groups in total. The van der Waals surface area contributed by atoms with Crippen molar-refractivity contribution >= 4 is 28.3 Å². The molecule has 0 spiro atoms. The first-order valence-corrected chi connectivity index (χ1v) is 8.30. The molecule has 128 valence electrons. The van der Waals surface area contributed by atoms with Crippen LogP contribution in [0.5, 0.6) is 0 Å². The number of nitrogens with zero attached hydrogens (tertiary/aromatic N) is 3. The lowest BCUT2D eigenvalue weighted by atomic mass is 9.95. The summed E-state index contributed by atoms with van der Waals surface area (Å²) in [6.07, 6.45) is 1.97. The van der Waals surface area contributed by atoms with Crippen molar-refractivity contribution in [1.29, 1.82) is 5.26 Å². The molecule has 0 saturated heterocycles. The van der Waals surface area contributed by atoms with E-state index in [1.807, 2.05) is 28.8 Å². The lowest BCUT2D eigenvalue weighted by Crippen LogP contribution is -2.01. The summed E-state index contributed by atoms with van der Waals surface area (Å²) in [7, 11) is 0. The summed E-state index contributed by atoms with van der Waals surface area (Å²) in [6.45, 7) is 1.77. The van der Waals surface area contributed by atoms with Gasteiger partial charge in [0, 0.05) is 18.7 Å². The highest BCUT2D eigenvalue weighted by Crippen LogP contribution is 2.35. The number of nitriles is 1. The number of hydrogen-bond donors (Lipinski definition) is 0. The summed E-state index contributed by atoms with van der Waals surface area (Å²) in [5.41, 5.74) is 3.81. The van der Waals surface area contributed by atoms with Crippen LogP contribution in [0.3, 0.4) is 0 Å². The van der Waals surface area contributed by atoms with Gasteiger partial charge in [0.05, 0.1) is 16.1 Å². The SMILES string of the molecule is Cc1c(Cc2ccc(F)cc2F)c(Cl)c2c(nc3ccccn32)c1C#N. The molecule has 0 radical (unpaired) electrons. The molecule has 26 heavy (non-hydrogen) atoms. The second-order valence-corrected chi connectivity index (χ2v) is 6.43. The Morgan fingerprint density at radius 3 is 2.77 bits per heavy atom. The maximum atomic E-state index is 14.1. The first kappa shape index (κ1) is 16.5. The molecule has 4 aromatic rings. The minimum absolute atomic E-state index is 0.154. The van der Waals surface area contributed by atoms with Crippen LogP contribution in [-0.4, -0.2) is 9.38 Å². The molecule has 3 nitrogen and oxygen atoms in total. The predicted octanol–water partition coefficient (Wildman–Crippen LogP) is 5.19.